The van der Waals surface area contributed by atoms with Gasteiger partial charge in [0.15, 0.2) is 0 Å². The van der Waals surface area contributed by atoms with Crippen LogP contribution in [0.2, 0.25) is 0 Å². The third-order valence-corrected chi connectivity index (χ3v) is 6.06. The lowest BCUT2D eigenvalue weighted by molar-refractivity contribution is -0.137. The van der Waals surface area contributed by atoms with E-state index in [1.165, 1.54) is 48.5 Å². The van der Waals surface area contributed by atoms with Gasteiger partial charge in [0.2, 0.25) is 11.8 Å². The number of amides is 2. The predicted octanol–water partition coefficient (Wildman–Crippen LogP) is 3.03. The normalized spacial score (nSPS) is 19.7. The molecule has 0 radical (unpaired) electrons. The van der Waals surface area contributed by atoms with E-state index < -0.39 is 53.7 Å². The molecule has 0 bridgehead atoms. The van der Waals surface area contributed by atoms with Crippen molar-refractivity contribution in [1.82, 2.24) is 10.2 Å². The van der Waals surface area contributed by atoms with E-state index in [-0.39, 0.29) is 18.9 Å². The monoisotopic (exact) mass is 472 g/mol. The molecule has 0 saturated carbocycles. The Morgan fingerprint density at radius 2 is 1.56 bits per heavy atom. The third kappa shape index (κ3) is 5.57. The molecule has 0 spiro atoms. The maximum absolute atomic E-state index is 14.1. The summed E-state index contributed by atoms with van der Waals surface area (Å²) in [7, 11) is 0. The van der Waals surface area contributed by atoms with E-state index in [0.29, 0.717) is 11.1 Å². The number of hydrogen-bond donors (Lipinski definition) is 2. The van der Waals surface area contributed by atoms with Gasteiger partial charge in [-0.1, -0.05) is 38.1 Å². The van der Waals surface area contributed by atoms with Gasteiger partial charge in [-0.25, -0.2) is 13.2 Å². The van der Waals surface area contributed by atoms with Crippen molar-refractivity contribution in [3.8, 4) is 6.07 Å². The number of nitrogens with two attached hydrogens (primary N) is 1. The number of likely N-dealkylation sites (tertiary alicyclic amines) is 1. The Hall–Kier alpha value is -3.38. The first-order chi connectivity index (χ1) is 16.1. The Kier molecular flexibility index (Phi) is 7.94. The van der Waals surface area contributed by atoms with Crippen LogP contribution in [0.4, 0.5) is 13.2 Å². The molecular weight excluding hydrogens is 445 g/mol. The molecule has 4 atom stereocenters. The molecule has 180 valence electrons. The SMILES string of the molecule is CC(C)C(N)C(=O)NC(C(=O)N1CC(F)CC1C#N)C(c1ccc(F)cc1)c1ccc(F)cc1. The lowest BCUT2D eigenvalue weighted by Crippen LogP contribution is -2.56. The molecule has 1 saturated heterocycles. The predicted molar refractivity (Wildman–Crippen MR) is 120 cm³/mol. The summed E-state index contributed by atoms with van der Waals surface area (Å²) in [5.41, 5.74) is 6.94. The fourth-order valence-corrected chi connectivity index (χ4v) is 4.09. The molecule has 1 heterocycles. The van der Waals surface area contributed by atoms with Crippen molar-refractivity contribution in [3.05, 3.63) is 71.3 Å². The van der Waals surface area contributed by atoms with E-state index >= 15 is 0 Å². The minimum atomic E-state index is -1.38. The van der Waals surface area contributed by atoms with Crippen LogP contribution in [0.25, 0.3) is 0 Å². The first-order valence-electron chi connectivity index (χ1n) is 11.0. The summed E-state index contributed by atoms with van der Waals surface area (Å²) < 4.78 is 41.5. The zero-order chi connectivity index (χ0) is 25.0. The van der Waals surface area contributed by atoms with Gasteiger partial charge in [-0.05, 0) is 41.3 Å². The van der Waals surface area contributed by atoms with Crippen LogP contribution in [0.15, 0.2) is 48.5 Å². The van der Waals surface area contributed by atoms with Crippen molar-refractivity contribution in [2.24, 2.45) is 11.7 Å². The number of nitriles is 1. The Morgan fingerprint density at radius 1 is 1.06 bits per heavy atom. The molecule has 3 N–H and O–H groups in total. The highest BCUT2D eigenvalue weighted by Gasteiger charge is 2.42. The summed E-state index contributed by atoms with van der Waals surface area (Å²) in [6.45, 7) is 3.20. The fraction of sp³-hybridized carbons (Fsp3) is 0.400. The Bertz CT molecular complexity index is 1010. The number of nitrogens with zero attached hydrogens (tertiary/aromatic N) is 2. The average molecular weight is 473 g/mol. The summed E-state index contributed by atoms with van der Waals surface area (Å²) in [4.78, 5) is 27.8. The van der Waals surface area contributed by atoms with Crippen molar-refractivity contribution in [2.45, 2.75) is 50.5 Å². The van der Waals surface area contributed by atoms with Gasteiger partial charge in [-0.15, -0.1) is 0 Å². The summed E-state index contributed by atoms with van der Waals surface area (Å²) in [6, 6.07) is 9.38. The minimum absolute atomic E-state index is 0.133. The van der Waals surface area contributed by atoms with Crippen molar-refractivity contribution >= 4 is 11.8 Å². The first-order valence-corrected chi connectivity index (χ1v) is 11.0. The molecular formula is C25H27F3N4O2. The van der Waals surface area contributed by atoms with Gasteiger partial charge < -0.3 is 16.0 Å². The van der Waals surface area contributed by atoms with Crippen LogP contribution in [0.3, 0.4) is 0 Å². The molecule has 0 aromatic heterocycles. The number of hydrogen-bond acceptors (Lipinski definition) is 4. The smallest absolute Gasteiger partial charge is 0.247 e. The molecule has 1 aliphatic heterocycles. The second kappa shape index (κ2) is 10.7. The molecule has 1 aliphatic rings. The highest BCUT2D eigenvalue weighted by molar-refractivity contribution is 5.91. The van der Waals surface area contributed by atoms with Crippen molar-refractivity contribution < 1.29 is 22.8 Å². The maximum atomic E-state index is 14.1. The molecule has 6 nitrogen and oxygen atoms in total. The van der Waals surface area contributed by atoms with Gasteiger partial charge in [-0.2, -0.15) is 5.26 Å². The van der Waals surface area contributed by atoms with E-state index in [1.807, 2.05) is 6.07 Å². The summed E-state index contributed by atoms with van der Waals surface area (Å²) in [6.07, 6.45) is -1.51. The van der Waals surface area contributed by atoms with E-state index in [4.69, 9.17) is 5.73 Å². The van der Waals surface area contributed by atoms with Gasteiger partial charge in [0.05, 0.1) is 18.7 Å². The Labute approximate surface area is 196 Å². The van der Waals surface area contributed by atoms with Crippen LogP contribution in [0, 0.1) is 28.9 Å². The van der Waals surface area contributed by atoms with Crippen LogP contribution in [-0.2, 0) is 9.59 Å². The van der Waals surface area contributed by atoms with Gasteiger partial charge >= 0.3 is 0 Å². The van der Waals surface area contributed by atoms with E-state index in [0.717, 1.165) is 4.90 Å². The van der Waals surface area contributed by atoms with Crippen LogP contribution in [-0.4, -0.2) is 47.6 Å². The number of rotatable bonds is 7. The van der Waals surface area contributed by atoms with E-state index in [9.17, 15) is 28.0 Å². The molecule has 4 unspecified atom stereocenters. The van der Waals surface area contributed by atoms with Crippen molar-refractivity contribution in [1.29, 1.82) is 5.26 Å². The lowest BCUT2D eigenvalue weighted by Gasteiger charge is -2.33. The summed E-state index contributed by atoms with van der Waals surface area (Å²) in [5, 5.41) is 12.1. The van der Waals surface area contributed by atoms with Gasteiger partial charge in [0.1, 0.15) is 29.9 Å². The molecule has 34 heavy (non-hydrogen) atoms. The van der Waals surface area contributed by atoms with Gasteiger partial charge in [0, 0.05) is 12.3 Å². The van der Waals surface area contributed by atoms with Gasteiger partial charge in [0.25, 0.3) is 0 Å². The number of benzene rings is 2. The number of halogens is 3. The summed E-state index contributed by atoms with van der Waals surface area (Å²) in [5.74, 6) is -3.39. The number of carbonyl (C=O) groups excluding carboxylic acids is 2. The zero-order valence-corrected chi connectivity index (χ0v) is 18.9. The number of carbonyl (C=O) groups is 2. The van der Waals surface area contributed by atoms with Gasteiger partial charge in [-0.3, -0.25) is 9.59 Å². The van der Waals surface area contributed by atoms with Crippen LogP contribution in [0.5, 0.6) is 0 Å². The molecule has 2 aromatic rings. The second-order valence-corrected chi connectivity index (χ2v) is 8.81. The first kappa shape index (κ1) is 25.2. The van der Waals surface area contributed by atoms with E-state index in [2.05, 4.69) is 5.32 Å². The van der Waals surface area contributed by atoms with Crippen molar-refractivity contribution in [3.63, 3.8) is 0 Å². The second-order valence-electron chi connectivity index (χ2n) is 8.81. The molecule has 9 heteroatoms. The quantitative estimate of drug-likeness (QED) is 0.647. The zero-order valence-electron chi connectivity index (χ0n) is 18.9. The highest BCUT2D eigenvalue weighted by atomic mass is 19.1. The molecule has 0 aliphatic carbocycles. The molecule has 2 aromatic carbocycles. The Morgan fingerprint density at radius 3 is 2.00 bits per heavy atom. The molecule has 2 amide bonds. The van der Waals surface area contributed by atoms with Crippen LogP contribution in [0.1, 0.15) is 37.3 Å². The van der Waals surface area contributed by atoms with E-state index in [1.54, 1.807) is 13.8 Å². The topological polar surface area (TPSA) is 99.2 Å². The largest absolute Gasteiger partial charge is 0.342 e. The van der Waals surface area contributed by atoms with Crippen LogP contribution < -0.4 is 11.1 Å². The van der Waals surface area contributed by atoms with Crippen molar-refractivity contribution in [2.75, 3.05) is 6.54 Å². The maximum Gasteiger partial charge on any atom is 0.247 e. The summed E-state index contributed by atoms with van der Waals surface area (Å²) >= 11 is 0. The number of alkyl halides is 1. The lowest BCUT2D eigenvalue weighted by atomic mass is 9.83. The Balaban J connectivity index is 2.11. The average Bonchev–Trinajstić information content (AvgIpc) is 3.20. The fourth-order valence-electron chi connectivity index (χ4n) is 4.09. The molecule has 3 rings (SSSR count). The number of nitrogens with one attached hydrogen (secondary N) is 1. The standard InChI is InChI=1S/C25H27F3N4O2/c1-14(2)22(30)24(33)31-23(25(34)32-13-19(28)11-20(32)12-29)21(15-3-7-17(26)8-4-15)16-5-9-18(27)10-6-16/h3-10,14,19-23H,11,13,30H2,1-2H3,(H,31,33). The van der Waals surface area contributed by atoms with Crippen LogP contribution >= 0.6 is 0 Å². The highest BCUT2D eigenvalue weighted by Crippen LogP contribution is 2.32. The third-order valence-electron chi connectivity index (χ3n) is 6.06. The molecule has 1 fully saturated rings. The minimum Gasteiger partial charge on any atom is -0.342 e.